The lowest BCUT2D eigenvalue weighted by atomic mass is 10.2. The van der Waals surface area contributed by atoms with E-state index in [4.69, 9.17) is 9.52 Å². The number of hydrogen-bond donors (Lipinski definition) is 1. The van der Waals surface area contributed by atoms with Crippen molar-refractivity contribution in [3.8, 4) is 0 Å². The van der Waals surface area contributed by atoms with Crippen molar-refractivity contribution in [2.45, 2.75) is 25.8 Å². The quantitative estimate of drug-likeness (QED) is 0.775. The third kappa shape index (κ3) is 1.87. The topological polar surface area (TPSA) is 66.6 Å². The third-order valence-corrected chi connectivity index (χ3v) is 2.65. The normalized spacial score (nSPS) is 20.9. The van der Waals surface area contributed by atoms with Gasteiger partial charge in [-0.25, -0.2) is 4.98 Å². The predicted octanol–water partition coefficient (Wildman–Crippen LogP) is 0.580. The first-order valence-electron chi connectivity index (χ1n) is 5.06. The van der Waals surface area contributed by atoms with Crippen molar-refractivity contribution in [2.24, 2.45) is 0 Å². The second kappa shape index (κ2) is 4.02. The lowest BCUT2D eigenvalue weighted by Gasteiger charge is -2.20. The van der Waals surface area contributed by atoms with Crippen LogP contribution in [0.3, 0.4) is 0 Å². The Morgan fingerprint density at radius 1 is 1.80 bits per heavy atom. The van der Waals surface area contributed by atoms with Gasteiger partial charge in [0.1, 0.15) is 5.76 Å². The number of hydrogen-bond acceptors (Lipinski definition) is 4. The summed E-state index contributed by atoms with van der Waals surface area (Å²) >= 11 is 0. The van der Waals surface area contributed by atoms with Crippen LogP contribution in [-0.2, 0) is 0 Å². The van der Waals surface area contributed by atoms with Crippen LogP contribution < -0.4 is 0 Å². The van der Waals surface area contributed by atoms with E-state index in [-0.39, 0.29) is 24.4 Å². The third-order valence-electron chi connectivity index (χ3n) is 2.65. The summed E-state index contributed by atoms with van der Waals surface area (Å²) in [5.41, 5.74) is 0. The molecule has 1 aromatic rings. The number of aliphatic hydroxyl groups excluding tert-OH is 1. The van der Waals surface area contributed by atoms with Crippen LogP contribution in [0.4, 0.5) is 0 Å². The molecular weight excluding hydrogens is 196 g/mol. The van der Waals surface area contributed by atoms with Crippen LogP contribution in [0.25, 0.3) is 0 Å². The van der Waals surface area contributed by atoms with E-state index >= 15 is 0 Å². The number of oxazole rings is 1. The molecule has 1 aliphatic heterocycles. The maximum Gasteiger partial charge on any atom is 0.310 e. The fraction of sp³-hybridized carbons (Fsp3) is 0.600. The highest BCUT2D eigenvalue weighted by Crippen LogP contribution is 2.19. The van der Waals surface area contributed by atoms with Gasteiger partial charge in [-0.2, -0.15) is 0 Å². The van der Waals surface area contributed by atoms with Crippen LogP contribution in [-0.4, -0.2) is 40.1 Å². The lowest BCUT2D eigenvalue weighted by Crippen LogP contribution is -2.37. The van der Waals surface area contributed by atoms with E-state index in [2.05, 4.69) is 4.98 Å². The summed E-state index contributed by atoms with van der Waals surface area (Å²) in [4.78, 5) is 17.4. The molecule has 0 aromatic carbocycles. The molecule has 2 rings (SSSR count). The molecule has 1 atom stereocenters. The van der Waals surface area contributed by atoms with Crippen LogP contribution in [0.5, 0.6) is 0 Å². The first-order chi connectivity index (χ1) is 7.22. The molecule has 1 fully saturated rings. The molecule has 1 aliphatic rings. The summed E-state index contributed by atoms with van der Waals surface area (Å²) in [6.07, 6.45) is 3.30. The molecule has 0 aliphatic carbocycles. The van der Waals surface area contributed by atoms with Gasteiger partial charge in [-0.3, -0.25) is 4.79 Å². The average Bonchev–Trinajstić information content (AvgIpc) is 2.84. The molecule has 15 heavy (non-hydrogen) atoms. The van der Waals surface area contributed by atoms with Gasteiger partial charge in [0.2, 0.25) is 0 Å². The van der Waals surface area contributed by atoms with E-state index in [0.717, 1.165) is 12.8 Å². The van der Waals surface area contributed by atoms with Crippen LogP contribution in [0, 0.1) is 6.92 Å². The fourth-order valence-corrected chi connectivity index (χ4v) is 1.87. The Balaban J connectivity index is 2.13. The standard InChI is InChI=1S/C10H14N2O3/c1-7-5-11-9(15-7)10(14)12-4-2-3-8(12)6-13/h5,8,13H,2-4,6H2,1H3. The van der Waals surface area contributed by atoms with Crippen molar-refractivity contribution >= 4 is 5.91 Å². The molecule has 2 heterocycles. The molecule has 0 saturated carbocycles. The Hall–Kier alpha value is -1.36. The zero-order valence-electron chi connectivity index (χ0n) is 8.64. The first kappa shape index (κ1) is 10.2. The molecule has 0 bridgehead atoms. The van der Waals surface area contributed by atoms with Crippen molar-refractivity contribution in [3.05, 3.63) is 17.8 Å². The zero-order chi connectivity index (χ0) is 10.8. The summed E-state index contributed by atoms with van der Waals surface area (Å²) in [5, 5.41) is 9.09. The van der Waals surface area contributed by atoms with E-state index in [0.29, 0.717) is 12.3 Å². The van der Waals surface area contributed by atoms with Gasteiger partial charge in [0.05, 0.1) is 18.8 Å². The zero-order valence-corrected chi connectivity index (χ0v) is 8.64. The van der Waals surface area contributed by atoms with Crippen LogP contribution in [0.1, 0.15) is 29.3 Å². The number of likely N-dealkylation sites (tertiary alicyclic amines) is 1. The first-order valence-corrected chi connectivity index (χ1v) is 5.06. The summed E-state index contributed by atoms with van der Waals surface area (Å²) < 4.78 is 5.17. The summed E-state index contributed by atoms with van der Waals surface area (Å²) in [6, 6.07) is -0.0790. The molecule has 1 amide bonds. The van der Waals surface area contributed by atoms with E-state index in [1.54, 1.807) is 11.8 Å². The molecular formula is C10H14N2O3. The number of amides is 1. The van der Waals surface area contributed by atoms with Crippen molar-refractivity contribution in [2.75, 3.05) is 13.2 Å². The minimum atomic E-state index is -0.223. The maximum absolute atomic E-state index is 11.9. The van der Waals surface area contributed by atoms with Gasteiger partial charge < -0.3 is 14.4 Å². The Morgan fingerprint density at radius 2 is 2.60 bits per heavy atom. The molecule has 0 spiro atoms. The van der Waals surface area contributed by atoms with Gasteiger partial charge in [0.15, 0.2) is 0 Å². The van der Waals surface area contributed by atoms with Gasteiger partial charge in [-0.1, -0.05) is 0 Å². The smallest absolute Gasteiger partial charge is 0.310 e. The molecule has 82 valence electrons. The molecule has 5 heteroatoms. The SMILES string of the molecule is Cc1cnc(C(=O)N2CCCC2CO)o1. The van der Waals surface area contributed by atoms with Gasteiger partial charge in [-0.05, 0) is 19.8 Å². The number of aliphatic hydroxyl groups is 1. The average molecular weight is 210 g/mol. The van der Waals surface area contributed by atoms with Crippen LogP contribution >= 0.6 is 0 Å². The minimum Gasteiger partial charge on any atom is -0.438 e. The highest BCUT2D eigenvalue weighted by atomic mass is 16.4. The monoisotopic (exact) mass is 210 g/mol. The fourth-order valence-electron chi connectivity index (χ4n) is 1.87. The van der Waals surface area contributed by atoms with Gasteiger partial charge in [0.25, 0.3) is 5.89 Å². The summed E-state index contributed by atoms with van der Waals surface area (Å²) in [5.74, 6) is 0.519. The molecule has 1 unspecified atom stereocenters. The number of carbonyl (C=O) groups is 1. The Bertz CT molecular complexity index is 361. The Kier molecular flexibility index (Phi) is 2.73. The summed E-state index contributed by atoms with van der Waals surface area (Å²) in [6.45, 7) is 2.42. The van der Waals surface area contributed by atoms with Crippen molar-refractivity contribution < 1.29 is 14.3 Å². The molecule has 1 N–H and O–H groups in total. The predicted molar refractivity (Wildman–Crippen MR) is 52.4 cm³/mol. The number of aryl methyl sites for hydroxylation is 1. The largest absolute Gasteiger partial charge is 0.438 e. The van der Waals surface area contributed by atoms with E-state index in [1.807, 2.05) is 0 Å². The number of carbonyl (C=O) groups excluding carboxylic acids is 1. The van der Waals surface area contributed by atoms with Gasteiger partial charge in [0, 0.05) is 6.54 Å². The van der Waals surface area contributed by atoms with E-state index in [9.17, 15) is 4.79 Å². The minimum absolute atomic E-state index is 0.00539. The summed E-state index contributed by atoms with van der Waals surface area (Å²) in [7, 11) is 0. The second-order valence-electron chi connectivity index (χ2n) is 3.75. The molecule has 1 aromatic heterocycles. The molecule has 5 nitrogen and oxygen atoms in total. The number of aromatic nitrogens is 1. The molecule has 0 radical (unpaired) electrons. The number of rotatable bonds is 2. The highest BCUT2D eigenvalue weighted by Gasteiger charge is 2.31. The molecule has 1 saturated heterocycles. The van der Waals surface area contributed by atoms with Crippen molar-refractivity contribution in [3.63, 3.8) is 0 Å². The van der Waals surface area contributed by atoms with Gasteiger partial charge >= 0.3 is 5.91 Å². The Morgan fingerprint density at radius 3 is 3.20 bits per heavy atom. The number of nitrogens with zero attached hydrogens (tertiary/aromatic N) is 2. The maximum atomic E-state index is 11.9. The van der Waals surface area contributed by atoms with Gasteiger partial charge in [-0.15, -0.1) is 0 Å². The lowest BCUT2D eigenvalue weighted by molar-refractivity contribution is 0.0637. The van der Waals surface area contributed by atoms with Crippen LogP contribution in [0.15, 0.2) is 10.6 Å². The van der Waals surface area contributed by atoms with E-state index in [1.165, 1.54) is 6.20 Å². The highest BCUT2D eigenvalue weighted by molar-refractivity contribution is 5.90. The second-order valence-corrected chi connectivity index (χ2v) is 3.75. The van der Waals surface area contributed by atoms with Crippen LogP contribution in [0.2, 0.25) is 0 Å². The van der Waals surface area contributed by atoms with Crippen molar-refractivity contribution in [1.82, 2.24) is 9.88 Å². The van der Waals surface area contributed by atoms with E-state index < -0.39 is 0 Å². The van der Waals surface area contributed by atoms with Crippen molar-refractivity contribution in [1.29, 1.82) is 0 Å². The Labute approximate surface area is 87.7 Å².